The van der Waals surface area contributed by atoms with E-state index in [1.807, 2.05) is 30.3 Å². The predicted octanol–water partition coefficient (Wildman–Crippen LogP) is 2.86. The Labute approximate surface area is 169 Å². The SMILES string of the molecule is O=C1CSC(=O)N1[C@@H]1CCCC[C@@H]1NC(=O)C1(c2ccccc2)CCOCC1. The van der Waals surface area contributed by atoms with Crippen LogP contribution < -0.4 is 5.32 Å². The fourth-order valence-corrected chi connectivity index (χ4v) is 5.47. The molecule has 1 N–H and O–H groups in total. The highest BCUT2D eigenvalue weighted by molar-refractivity contribution is 8.14. The number of rotatable bonds is 4. The second-order valence-electron chi connectivity index (χ2n) is 7.81. The molecule has 2 saturated heterocycles. The van der Waals surface area contributed by atoms with E-state index in [0.29, 0.717) is 26.1 Å². The first-order chi connectivity index (χ1) is 13.6. The number of hydrogen-bond acceptors (Lipinski definition) is 5. The number of ether oxygens (including phenoxy) is 1. The third kappa shape index (κ3) is 3.57. The molecule has 0 unspecified atom stereocenters. The maximum atomic E-state index is 13.6. The van der Waals surface area contributed by atoms with Gasteiger partial charge in [0.25, 0.3) is 5.24 Å². The second-order valence-corrected chi connectivity index (χ2v) is 8.74. The van der Waals surface area contributed by atoms with Crippen molar-refractivity contribution in [2.45, 2.75) is 56.0 Å². The van der Waals surface area contributed by atoms with Gasteiger partial charge in [0.2, 0.25) is 11.8 Å². The van der Waals surface area contributed by atoms with Crippen LogP contribution in [0.3, 0.4) is 0 Å². The van der Waals surface area contributed by atoms with Crippen LogP contribution in [-0.4, -0.2) is 53.0 Å². The smallest absolute Gasteiger partial charge is 0.289 e. The average molecular weight is 403 g/mol. The first kappa shape index (κ1) is 19.5. The molecule has 6 nitrogen and oxygen atoms in total. The van der Waals surface area contributed by atoms with Crippen LogP contribution in [0.5, 0.6) is 0 Å². The number of nitrogens with one attached hydrogen (secondary N) is 1. The van der Waals surface area contributed by atoms with Gasteiger partial charge in [-0.05, 0) is 31.2 Å². The second kappa shape index (κ2) is 8.25. The quantitative estimate of drug-likeness (QED) is 0.838. The number of amides is 3. The van der Waals surface area contributed by atoms with Crippen molar-refractivity contribution in [3.63, 3.8) is 0 Å². The van der Waals surface area contributed by atoms with Gasteiger partial charge in [-0.3, -0.25) is 19.3 Å². The Morgan fingerprint density at radius 2 is 1.82 bits per heavy atom. The van der Waals surface area contributed by atoms with Crippen molar-refractivity contribution in [1.82, 2.24) is 10.2 Å². The molecule has 2 atom stereocenters. The Kier molecular flexibility index (Phi) is 5.73. The summed E-state index contributed by atoms with van der Waals surface area (Å²) in [7, 11) is 0. The van der Waals surface area contributed by atoms with Crippen LogP contribution in [0.2, 0.25) is 0 Å². The van der Waals surface area contributed by atoms with E-state index in [4.69, 9.17) is 4.74 Å². The molecule has 28 heavy (non-hydrogen) atoms. The molecule has 150 valence electrons. The van der Waals surface area contributed by atoms with E-state index in [-0.39, 0.29) is 34.9 Å². The summed E-state index contributed by atoms with van der Waals surface area (Å²) in [6.07, 6.45) is 4.78. The zero-order valence-corrected chi connectivity index (χ0v) is 16.7. The zero-order chi connectivity index (χ0) is 19.6. The molecular formula is C21H26N2O4S. The number of nitrogens with zero attached hydrogens (tertiary/aromatic N) is 1. The summed E-state index contributed by atoms with van der Waals surface area (Å²) < 4.78 is 5.54. The van der Waals surface area contributed by atoms with Crippen LogP contribution in [0.4, 0.5) is 4.79 Å². The Balaban J connectivity index is 1.57. The van der Waals surface area contributed by atoms with Gasteiger partial charge in [-0.15, -0.1) is 0 Å². The molecule has 1 aliphatic carbocycles. The predicted molar refractivity (Wildman–Crippen MR) is 107 cm³/mol. The molecule has 3 fully saturated rings. The molecule has 0 bridgehead atoms. The van der Waals surface area contributed by atoms with E-state index in [1.165, 1.54) is 4.90 Å². The van der Waals surface area contributed by atoms with Gasteiger partial charge in [-0.2, -0.15) is 0 Å². The van der Waals surface area contributed by atoms with E-state index in [0.717, 1.165) is 43.0 Å². The number of hydrogen-bond donors (Lipinski definition) is 1. The van der Waals surface area contributed by atoms with Gasteiger partial charge in [0.05, 0.1) is 17.2 Å². The molecule has 1 saturated carbocycles. The van der Waals surface area contributed by atoms with Crippen molar-refractivity contribution in [2.75, 3.05) is 19.0 Å². The molecule has 2 aliphatic heterocycles. The zero-order valence-electron chi connectivity index (χ0n) is 15.9. The lowest BCUT2D eigenvalue weighted by Crippen LogP contribution is -2.58. The van der Waals surface area contributed by atoms with Gasteiger partial charge in [0.1, 0.15) is 0 Å². The monoisotopic (exact) mass is 402 g/mol. The van der Waals surface area contributed by atoms with Crippen LogP contribution >= 0.6 is 11.8 Å². The molecule has 2 heterocycles. The number of carbonyl (C=O) groups excluding carboxylic acids is 3. The minimum atomic E-state index is -0.616. The molecule has 4 rings (SSSR count). The first-order valence-corrected chi connectivity index (χ1v) is 11.0. The van der Waals surface area contributed by atoms with Crippen LogP contribution in [-0.2, 0) is 19.7 Å². The van der Waals surface area contributed by atoms with E-state index >= 15 is 0 Å². The Bertz CT molecular complexity index is 732. The molecule has 0 spiro atoms. The lowest BCUT2D eigenvalue weighted by molar-refractivity contribution is -0.134. The van der Waals surface area contributed by atoms with Crippen molar-refractivity contribution in [2.24, 2.45) is 0 Å². The maximum absolute atomic E-state index is 13.6. The highest BCUT2D eigenvalue weighted by Crippen LogP contribution is 2.36. The Morgan fingerprint density at radius 3 is 2.50 bits per heavy atom. The third-order valence-electron chi connectivity index (χ3n) is 6.27. The summed E-state index contributed by atoms with van der Waals surface area (Å²) in [5.41, 5.74) is 0.391. The van der Waals surface area contributed by atoms with Gasteiger partial charge < -0.3 is 10.1 Å². The van der Waals surface area contributed by atoms with Crippen LogP contribution in [0.1, 0.15) is 44.1 Å². The molecule has 1 aromatic rings. The lowest BCUT2D eigenvalue weighted by Gasteiger charge is -2.41. The number of imide groups is 1. The largest absolute Gasteiger partial charge is 0.381 e. The van der Waals surface area contributed by atoms with Gasteiger partial charge in [-0.25, -0.2) is 0 Å². The minimum absolute atomic E-state index is 0.00866. The molecule has 1 aromatic carbocycles. The van der Waals surface area contributed by atoms with Crippen molar-refractivity contribution in [3.8, 4) is 0 Å². The highest BCUT2D eigenvalue weighted by Gasteiger charge is 2.45. The van der Waals surface area contributed by atoms with Gasteiger partial charge in [0.15, 0.2) is 0 Å². The number of benzene rings is 1. The van der Waals surface area contributed by atoms with E-state index in [1.54, 1.807) is 0 Å². The lowest BCUT2D eigenvalue weighted by atomic mass is 9.73. The van der Waals surface area contributed by atoms with E-state index < -0.39 is 5.41 Å². The topological polar surface area (TPSA) is 75.7 Å². The fourth-order valence-electron chi connectivity index (χ4n) is 4.70. The molecular weight excluding hydrogens is 376 g/mol. The van der Waals surface area contributed by atoms with Crippen molar-refractivity contribution < 1.29 is 19.1 Å². The normalized spacial score (nSPS) is 27.6. The number of thioether (sulfide) groups is 1. The molecule has 0 aromatic heterocycles. The van der Waals surface area contributed by atoms with Gasteiger partial charge in [0, 0.05) is 19.3 Å². The summed E-state index contributed by atoms with van der Waals surface area (Å²) in [6.45, 7) is 1.10. The van der Waals surface area contributed by atoms with Gasteiger partial charge >= 0.3 is 0 Å². The summed E-state index contributed by atoms with van der Waals surface area (Å²) in [4.78, 5) is 39.4. The summed E-state index contributed by atoms with van der Waals surface area (Å²) in [5, 5.41) is 3.07. The van der Waals surface area contributed by atoms with Crippen molar-refractivity contribution in [3.05, 3.63) is 35.9 Å². The average Bonchev–Trinajstić information content (AvgIpc) is 3.07. The molecule has 7 heteroatoms. The Hall–Kier alpha value is -1.86. The molecule has 3 aliphatic rings. The molecule has 0 radical (unpaired) electrons. The third-order valence-corrected chi connectivity index (χ3v) is 7.10. The van der Waals surface area contributed by atoms with E-state index in [2.05, 4.69) is 5.32 Å². The maximum Gasteiger partial charge on any atom is 0.289 e. The van der Waals surface area contributed by atoms with Crippen molar-refractivity contribution >= 4 is 28.8 Å². The van der Waals surface area contributed by atoms with Crippen LogP contribution in [0.25, 0.3) is 0 Å². The van der Waals surface area contributed by atoms with Crippen molar-refractivity contribution in [1.29, 1.82) is 0 Å². The van der Waals surface area contributed by atoms with Crippen LogP contribution in [0, 0.1) is 0 Å². The fraction of sp³-hybridized carbons (Fsp3) is 0.571. The van der Waals surface area contributed by atoms with Crippen LogP contribution in [0.15, 0.2) is 30.3 Å². The molecule has 3 amide bonds. The number of carbonyl (C=O) groups is 3. The Morgan fingerprint density at radius 1 is 1.11 bits per heavy atom. The standard InChI is InChI=1S/C21H26N2O4S/c24-18-14-28-20(26)23(18)17-9-5-4-8-16(17)22-19(25)21(10-12-27-13-11-21)15-6-2-1-3-7-15/h1-3,6-7,16-17H,4-5,8-14H2,(H,22,25)/t16-,17+/m0/s1. The van der Waals surface area contributed by atoms with Gasteiger partial charge in [-0.1, -0.05) is 54.9 Å². The highest BCUT2D eigenvalue weighted by atomic mass is 32.2. The first-order valence-electron chi connectivity index (χ1n) is 10.0. The summed E-state index contributed by atoms with van der Waals surface area (Å²) >= 11 is 1.06. The minimum Gasteiger partial charge on any atom is -0.381 e. The summed E-state index contributed by atoms with van der Waals surface area (Å²) in [5.74, 6) is 0.0667. The van der Waals surface area contributed by atoms with E-state index in [9.17, 15) is 14.4 Å². The summed E-state index contributed by atoms with van der Waals surface area (Å²) in [6, 6.07) is 9.47.